The van der Waals surface area contributed by atoms with Gasteiger partial charge in [0.1, 0.15) is 0 Å². The van der Waals surface area contributed by atoms with Gasteiger partial charge in [0.2, 0.25) is 5.91 Å². The Morgan fingerprint density at radius 3 is 2.71 bits per heavy atom. The van der Waals surface area contributed by atoms with Crippen LogP contribution in [-0.4, -0.2) is 42.0 Å². The van der Waals surface area contributed by atoms with Gasteiger partial charge in [0.25, 0.3) is 0 Å². The third-order valence-electron chi connectivity index (χ3n) is 4.92. The summed E-state index contributed by atoms with van der Waals surface area (Å²) >= 11 is 0. The lowest BCUT2D eigenvalue weighted by molar-refractivity contribution is -0.144. The summed E-state index contributed by atoms with van der Waals surface area (Å²) in [5.41, 5.74) is 2.55. The third kappa shape index (κ3) is 3.78. The van der Waals surface area contributed by atoms with Crippen molar-refractivity contribution in [2.75, 3.05) is 20.2 Å². The Morgan fingerprint density at radius 2 is 1.96 bits per heavy atom. The Kier molecular flexibility index (Phi) is 5.18. The fourth-order valence-electron chi connectivity index (χ4n) is 3.47. The van der Waals surface area contributed by atoms with Crippen LogP contribution in [0.4, 0.5) is 0 Å². The van der Waals surface area contributed by atoms with E-state index in [9.17, 15) is 9.59 Å². The average Bonchev–Trinajstić information content (AvgIpc) is 3.03. The van der Waals surface area contributed by atoms with Crippen LogP contribution in [0.3, 0.4) is 0 Å². The zero-order valence-corrected chi connectivity index (χ0v) is 14.1. The molecule has 0 spiro atoms. The minimum Gasteiger partial charge on any atom is -0.469 e. The number of fused-ring (bicyclic) bond motifs is 1. The molecular weight excluding hydrogens is 304 g/mol. The van der Waals surface area contributed by atoms with Crippen molar-refractivity contribution in [2.24, 2.45) is 5.92 Å². The summed E-state index contributed by atoms with van der Waals surface area (Å²) in [6.45, 7) is 1.57. The minimum absolute atomic E-state index is 0.0611. The molecule has 3 rings (SSSR count). The van der Waals surface area contributed by atoms with Crippen molar-refractivity contribution < 1.29 is 14.3 Å². The Bertz CT molecular complexity index is 714. The molecule has 5 nitrogen and oxygen atoms in total. The number of likely N-dealkylation sites (tertiary alicyclic amines) is 1. The van der Waals surface area contributed by atoms with Gasteiger partial charge < -0.3 is 14.6 Å². The molecule has 0 unspecified atom stereocenters. The predicted molar refractivity (Wildman–Crippen MR) is 92.6 cm³/mol. The number of methoxy groups -OCH3 is 1. The average molecular weight is 328 g/mol. The Morgan fingerprint density at radius 1 is 1.21 bits per heavy atom. The van der Waals surface area contributed by atoms with Gasteiger partial charge in [-0.25, -0.2) is 0 Å². The highest BCUT2D eigenvalue weighted by Gasteiger charge is 2.23. The van der Waals surface area contributed by atoms with Crippen molar-refractivity contribution in [1.82, 2.24) is 9.88 Å². The van der Waals surface area contributed by atoms with Gasteiger partial charge in [0.05, 0.1) is 13.5 Å². The number of esters is 1. The van der Waals surface area contributed by atoms with E-state index in [2.05, 4.69) is 34.1 Å². The maximum Gasteiger partial charge on any atom is 0.306 e. The van der Waals surface area contributed by atoms with Crippen molar-refractivity contribution in [2.45, 2.75) is 32.1 Å². The number of ether oxygens (including phenoxy) is 1. The maximum atomic E-state index is 12.1. The standard InChI is InChI=1S/C19H24N2O3/c1-24-19(23)7-6-18(22)21-10-8-14(9-11-21)12-15-13-20-17-5-3-2-4-16(15)17/h2-5,13-14,20H,6-12H2,1H3. The number of aromatic amines is 1. The lowest BCUT2D eigenvalue weighted by atomic mass is 9.90. The number of carbonyl (C=O) groups is 2. The molecular formula is C19H24N2O3. The first-order valence-corrected chi connectivity index (χ1v) is 8.57. The van der Waals surface area contributed by atoms with Crippen molar-refractivity contribution in [3.8, 4) is 0 Å². The summed E-state index contributed by atoms with van der Waals surface area (Å²) in [5.74, 6) is 0.345. The first-order valence-electron chi connectivity index (χ1n) is 8.57. The zero-order valence-electron chi connectivity index (χ0n) is 14.1. The number of nitrogens with one attached hydrogen (secondary N) is 1. The van der Waals surface area contributed by atoms with Gasteiger partial charge in [-0.1, -0.05) is 18.2 Å². The molecule has 128 valence electrons. The Labute approximate surface area is 142 Å². The molecule has 1 N–H and O–H groups in total. The van der Waals surface area contributed by atoms with E-state index in [1.807, 2.05) is 11.0 Å². The van der Waals surface area contributed by atoms with Gasteiger partial charge in [-0.15, -0.1) is 0 Å². The summed E-state index contributed by atoms with van der Waals surface area (Å²) in [7, 11) is 1.35. The fourth-order valence-corrected chi connectivity index (χ4v) is 3.47. The molecule has 0 aliphatic carbocycles. The van der Waals surface area contributed by atoms with E-state index < -0.39 is 0 Å². The molecule has 1 amide bonds. The molecule has 0 bridgehead atoms. The quantitative estimate of drug-likeness (QED) is 0.859. The number of hydrogen-bond acceptors (Lipinski definition) is 3. The summed E-state index contributed by atoms with van der Waals surface area (Å²) in [6, 6.07) is 8.37. The third-order valence-corrected chi connectivity index (χ3v) is 4.92. The second-order valence-corrected chi connectivity index (χ2v) is 6.46. The molecule has 5 heteroatoms. The molecule has 1 fully saturated rings. The monoisotopic (exact) mass is 328 g/mol. The van der Waals surface area contributed by atoms with Gasteiger partial charge in [-0.05, 0) is 36.8 Å². The molecule has 0 saturated carbocycles. The summed E-state index contributed by atoms with van der Waals surface area (Å²) in [6.07, 6.45) is 5.62. The van der Waals surface area contributed by atoms with Gasteiger partial charge >= 0.3 is 5.97 Å². The fraction of sp³-hybridized carbons (Fsp3) is 0.474. The highest BCUT2D eigenvalue weighted by atomic mass is 16.5. The van der Waals surface area contributed by atoms with Crippen LogP contribution in [0.15, 0.2) is 30.5 Å². The number of H-pyrrole nitrogens is 1. The second-order valence-electron chi connectivity index (χ2n) is 6.46. The van der Waals surface area contributed by atoms with Crippen molar-refractivity contribution in [3.05, 3.63) is 36.0 Å². The first kappa shape index (κ1) is 16.6. The largest absolute Gasteiger partial charge is 0.469 e. The lowest BCUT2D eigenvalue weighted by Crippen LogP contribution is -2.39. The van der Waals surface area contributed by atoms with Crippen LogP contribution in [-0.2, 0) is 20.7 Å². The number of aromatic nitrogens is 1. The number of hydrogen-bond donors (Lipinski definition) is 1. The van der Waals surface area contributed by atoms with Crippen LogP contribution in [0.2, 0.25) is 0 Å². The highest BCUT2D eigenvalue weighted by molar-refractivity contribution is 5.83. The van der Waals surface area contributed by atoms with E-state index in [-0.39, 0.29) is 24.7 Å². The van der Waals surface area contributed by atoms with Gasteiger partial charge in [0, 0.05) is 36.6 Å². The zero-order chi connectivity index (χ0) is 16.9. The van der Waals surface area contributed by atoms with Crippen LogP contribution in [0, 0.1) is 5.92 Å². The van der Waals surface area contributed by atoms with E-state index in [0.717, 1.165) is 32.4 Å². The number of para-hydroxylation sites is 1. The number of carbonyl (C=O) groups excluding carboxylic acids is 2. The predicted octanol–water partition coefficient (Wildman–Crippen LogP) is 2.90. The van der Waals surface area contributed by atoms with Crippen LogP contribution in [0.1, 0.15) is 31.2 Å². The van der Waals surface area contributed by atoms with Gasteiger partial charge in [0.15, 0.2) is 0 Å². The molecule has 24 heavy (non-hydrogen) atoms. The van der Waals surface area contributed by atoms with Crippen LogP contribution in [0.5, 0.6) is 0 Å². The molecule has 1 saturated heterocycles. The van der Waals surface area contributed by atoms with E-state index in [1.165, 1.54) is 23.6 Å². The van der Waals surface area contributed by atoms with E-state index in [1.54, 1.807) is 0 Å². The van der Waals surface area contributed by atoms with E-state index in [0.29, 0.717) is 5.92 Å². The van der Waals surface area contributed by atoms with Crippen LogP contribution < -0.4 is 0 Å². The topological polar surface area (TPSA) is 62.4 Å². The van der Waals surface area contributed by atoms with Crippen molar-refractivity contribution in [1.29, 1.82) is 0 Å². The number of benzene rings is 1. The van der Waals surface area contributed by atoms with Gasteiger partial charge in [-0.2, -0.15) is 0 Å². The number of piperidine rings is 1. The summed E-state index contributed by atoms with van der Waals surface area (Å²) in [4.78, 5) is 28.5. The SMILES string of the molecule is COC(=O)CCC(=O)N1CCC(Cc2c[nH]c3ccccc23)CC1. The van der Waals surface area contributed by atoms with Crippen molar-refractivity contribution >= 4 is 22.8 Å². The molecule has 1 aromatic heterocycles. The molecule has 0 atom stereocenters. The van der Waals surface area contributed by atoms with E-state index in [4.69, 9.17) is 0 Å². The molecule has 1 aliphatic heterocycles. The molecule has 2 heterocycles. The van der Waals surface area contributed by atoms with Gasteiger partial charge in [-0.3, -0.25) is 9.59 Å². The van der Waals surface area contributed by atoms with Crippen LogP contribution in [0.25, 0.3) is 10.9 Å². The molecule has 1 aliphatic rings. The summed E-state index contributed by atoms with van der Waals surface area (Å²) in [5, 5.41) is 1.30. The number of rotatable bonds is 5. The highest BCUT2D eigenvalue weighted by Crippen LogP contribution is 2.26. The summed E-state index contributed by atoms with van der Waals surface area (Å²) < 4.78 is 4.59. The maximum absolute atomic E-state index is 12.1. The smallest absolute Gasteiger partial charge is 0.306 e. The second kappa shape index (κ2) is 7.51. The molecule has 1 aromatic carbocycles. The normalized spacial score (nSPS) is 15.6. The minimum atomic E-state index is -0.322. The first-order chi connectivity index (χ1) is 11.7. The van der Waals surface area contributed by atoms with Crippen LogP contribution >= 0.6 is 0 Å². The lowest BCUT2D eigenvalue weighted by Gasteiger charge is -2.32. The van der Waals surface area contributed by atoms with Crippen molar-refractivity contribution in [3.63, 3.8) is 0 Å². The Balaban J connectivity index is 1.50. The number of amides is 1. The Hall–Kier alpha value is -2.30. The molecule has 2 aromatic rings. The van der Waals surface area contributed by atoms with E-state index >= 15 is 0 Å². The number of nitrogens with zero attached hydrogens (tertiary/aromatic N) is 1. The molecule has 0 radical (unpaired) electrons.